The van der Waals surface area contributed by atoms with Crippen LogP contribution in [0.3, 0.4) is 0 Å². The molecule has 8 heteroatoms. The summed E-state index contributed by atoms with van der Waals surface area (Å²) < 4.78 is 41.4. The number of nitrogen functional groups attached to an aromatic ring is 1. The molecule has 0 spiro atoms. The highest BCUT2D eigenvalue weighted by Gasteiger charge is 2.20. The van der Waals surface area contributed by atoms with Crippen molar-refractivity contribution in [3.05, 3.63) is 35.3 Å². The summed E-state index contributed by atoms with van der Waals surface area (Å²) in [6.07, 6.45) is 1.41. The van der Waals surface area contributed by atoms with Gasteiger partial charge in [-0.05, 0) is 6.42 Å². The summed E-state index contributed by atoms with van der Waals surface area (Å²) >= 11 is 0. The van der Waals surface area contributed by atoms with Gasteiger partial charge < -0.3 is 5.73 Å². The minimum absolute atomic E-state index is 0.215. The van der Waals surface area contributed by atoms with E-state index in [1.165, 1.54) is 0 Å². The molecule has 0 saturated carbocycles. The van der Waals surface area contributed by atoms with Gasteiger partial charge in [0, 0.05) is 12.1 Å². The summed E-state index contributed by atoms with van der Waals surface area (Å²) in [6.45, 7) is 1.96. The van der Waals surface area contributed by atoms with Gasteiger partial charge in [0.25, 0.3) is 0 Å². The van der Waals surface area contributed by atoms with Crippen LogP contribution in [0.5, 0.6) is 0 Å². The van der Waals surface area contributed by atoms with Gasteiger partial charge >= 0.3 is 0 Å². The molecule has 0 fully saturated rings. The Morgan fingerprint density at radius 2 is 1.90 bits per heavy atom. The Balaban J connectivity index is 2.28. The Hall–Kier alpha value is -2.51. The average Bonchev–Trinajstić information content (AvgIpc) is 2.97. The number of aryl methyl sites for hydroxylation is 1. The second-order valence-electron chi connectivity index (χ2n) is 4.66. The van der Waals surface area contributed by atoms with E-state index in [0.717, 1.165) is 17.2 Å². The molecule has 3 aromatic rings. The van der Waals surface area contributed by atoms with Gasteiger partial charge in [0.2, 0.25) is 0 Å². The number of anilines is 1. The Bertz CT molecular complexity index is 821. The van der Waals surface area contributed by atoms with Gasteiger partial charge in [0.1, 0.15) is 11.5 Å². The van der Waals surface area contributed by atoms with Crippen LogP contribution in [0.2, 0.25) is 0 Å². The molecule has 2 aromatic heterocycles. The number of aromatic amines is 1. The second kappa shape index (κ2) is 4.80. The highest BCUT2D eigenvalue weighted by atomic mass is 19.2. The van der Waals surface area contributed by atoms with E-state index in [0.29, 0.717) is 29.4 Å². The van der Waals surface area contributed by atoms with Gasteiger partial charge in [-0.15, -0.1) is 0 Å². The second-order valence-corrected chi connectivity index (χ2v) is 4.66. The molecule has 0 atom stereocenters. The molecule has 0 bridgehead atoms. The maximum atomic E-state index is 13.9. The van der Waals surface area contributed by atoms with E-state index >= 15 is 0 Å². The van der Waals surface area contributed by atoms with Crippen molar-refractivity contribution >= 4 is 16.9 Å². The Kier molecular flexibility index (Phi) is 3.08. The number of H-pyrrole nitrogens is 1. The quantitative estimate of drug-likeness (QED) is 0.730. The maximum Gasteiger partial charge on any atom is 0.186 e. The minimum atomic E-state index is -1.25. The lowest BCUT2D eigenvalue weighted by molar-refractivity contribution is 0.491. The van der Waals surface area contributed by atoms with E-state index in [2.05, 4.69) is 15.3 Å². The van der Waals surface area contributed by atoms with Crippen LogP contribution in [0.25, 0.3) is 16.7 Å². The number of fused-ring (bicyclic) bond motifs is 1. The fourth-order valence-electron chi connectivity index (χ4n) is 2.26. The van der Waals surface area contributed by atoms with E-state index in [-0.39, 0.29) is 11.3 Å². The molecule has 0 radical (unpaired) electrons. The monoisotopic (exact) mass is 295 g/mol. The lowest BCUT2D eigenvalue weighted by Gasteiger charge is -2.04. The SMILES string of the molecule is CCCc1nn(-c2cc(F)c(F)cc2F)c2n[nH]c(N)c12. The van der Waals surface area contributed by atoms with E-state index in [1.54, 1.807) is 0 Å². The molecule has 0 amide bonds. The van der Waals surface area contributed by atoms with Crippen LogP contribution < -0.4 is 5.73 Å². The molecule has 2 heterocycles. The molecule has 0 aliphatic heterocycles. The molecule has 3 N–H and O–H groups in total. The third-order valence-corrected chi connectivity index (χ3v) is 3.19. The van der Waals surface area contributed by atoms with Crippen LogP contribution >= 0.6 is 0 Å². The highest BCUT2D eigenvalue weighted by Crippen LogP contribution is 2.27. The number of nitrogens with one attached hydrogen (secondary N) is 1. The molecular weight excluding hydrogens is 283 g/mol. The van der Waals surface area contributed by atoms with Crippen molar-refractivity contribution in [1.82, 2.24) is 20.0 Å². The van der Waals surface area contributed by atoms with Gasteiger partial charge in [0.15, 0.2) is 23.1 Å². The first-order chi connectivity index (χ1) is 10.0. The predicted octanol–water partition coefficient (Wildman–Crippen LogP) is 2.70. The lowest BCUT2D eigenvalue weighted by Crippen LogP contribution is -2.03. The standard InChI is InChI=1S/C13H12F3N5/c1-2-3-9-11-12(17)18-19-13(11)21(20-9)10-5-7(15)6(14)4-8(10)16/h4-5H,2-3H2,1H3,(H3,17,18,19). The van der Waals surface area contributed by atoms with Gasteiger partial charge in [-0.25, -0.2) is 17.9 Å². The van der Waals surface area contributed by atoms with Gasteiger partial charge in [-0.1, -0.05) is 13.3 Å². The van der Waals surface area contributed by atoms with Crippen LogP contribution in [0.15, 0.2) is 12.1 Å². The van der Waals surface area contributed by atoms with Gasteiger partial charge in [-0.2, -0.15) is 10.2 Å². The van der Waals surface area contributed by atoms with E-state index in [9.17, 15) is 13.2 Å². The first-order valence-corrected chi connectivity index (χ1v) is 6.39. The fraction of sp³-hybridized carbons (Fsp3) is 0.231. The molecule has 0 saturated heterocycles. The van der Waals surface area contributed by atoms with E-state index in [1.807, 2.05) is 6.92 Å². The topological polar surface area (TPSA) is 72.5 Å². The average molecular weight is 295 g/mol. The summed E-state index contributed by atoms with van der Waals surface area (Å²) in [4.78, 5) is 0. The zero-order valence-corrected chi connectivity index (χ0v) is 11.1. The van der Waals surface area contributed by atoms with Crippen LogP contribution in [-0.2, 0) is 6.42 Å². The zero-order valence-electron chi connectivity index (χ0n) is 11.1. The Morgan fingerprint density at radius 1 is 1.19 bits per heavy atom. The van der Waals surface area contributed by atoms with Crippen LogP contribution in [-0.4, -0.2) is 20.0 Å². The number of halogens is 3. The third kappa shape index (κ3) is 2.03. The number of hydrogen-bond donors (Lipinski definition) is 2. The number of hydrogen-bond acceptors (Lipinski definition) is 3. The highest BCUT2D eigenvalue weighted by molar-refractivity contribution is 5.89. The first kappa shape index (κ1) is 13.5. The Morgan fingerprint density at radius 3 is 2.62 bits per heavy atom. The minimum Gasteiger partial charge on any atom is -0.383 e. The molecule has 0 aliphatic carbocycles. The summed E-state index contributed by atoms with van der Waals surface area (Å²) in [7, 11) is 0. The smallest absolute Gasteiger partial charge is 0.186 e. The molecular formula is C13H12F3N5. The number of nitrogens with zero attached hydrogens (tertiary/aromatic N) is 3. The van der Waals surface area contributed by atoms with Crippen molar-refractivity contribution in [2.24, 2.45) is 0 Å². The van der Waals surface area contributed by atoms with Crippen molar-refractivity contribution in [2.75, 3.05) is 5.73 Å². The predicted molar refractivity (Wildman–Crippen MR) is 71.5 cm³/mol. The van der Waals surface area contributed by atoms with E-state index < -0.39 is 17.5 Å². The number of nitrogens with two attached hydrogens (primary N) is 1. The van der Waals surface area contributed by atoms with Gasteiger partial charge in [0.05, 0.1) is 11.1 Å². The van der Waals surface area contributed by atoms with Crippen molar-refractivity contribution in [3.63, 3.8) is 0 Å². The number of aromatic nitrogens is 4. The number of benzene rings is 1. The summed E-state index contributed by atoms with van der Waals surface area (Å²) in [6, 6.07) is 1.23. The maximum absolute atomic E-state index is 13.9. The van der Waals surface area contributed by atoms with Crippen LogP contribution in [0, 0.1) is 17.5 Å². The summed E-state index contributed by atoms with van der Waals surface area (Å²) in [5.74, 6) is -3.03. The molecule has 0 aliphatic rings. The normalized spacial score (nSPS) is 11.4. The van der Waals surface area contributed by atoms with E-state index in [4.69, 9.17) is 5.73 Å². The van der Waals surface area contributed by atoms with Crippen LogP contribution in [0.1, 0.15) is 19.0 Å². The summed E-state index contributed by atoms with van der Waals surface area (Å²) in [5.41, 5.74) is 6.48. The fourth-order valence-corrected chi connectivity index (χ4v) is 2.26. The van der Waals surface area contributed by atoms with Crippen molar-refractivity contribution < 1.29 is 13.2 Å². The third-order valence-electron chi connectivity index (χ3n) is 3.19. The summed E-state index contributed by atoms with van der Waals surface area (Å²) in [5, 5.41) is 11.3. The molecule has 3 rings (SSSR count). The molecule has 110 valence electrons. The molecule has 0 unspecified atom stereocenters. The first-order valence-electron chi connectivity index (χ1n) is 6.39. The lowest BCUT2D eigenvalue weighted by atomic mass is 10.2. The Labute approximate surface area is 117 Å². The largest absolute Gasteiger partial charge is 0.383 e. The molecule has 21 heavy (non-hydrogen) atoms. The van der Waals surface area contributed by atoms with Gasteiger partial charge in [-0.3, -0.25) is 5.10 Å². The molecule has 1 aromatic carbocycles. The van der Waals surface area contributed by atoms with Crippen molar-refractivity contribution in [3.8, 4) is 5.69 Å². The molecule has 5 nitrogen and oxygen atoms in total. The van der Waals surface area contributed by atoms with Crippen molar-refractivity contribution in [1.29, 1.82) is 0 Å². The van der Waals surface area contributed by atoms with Crippen molar-refractivity contribution in [2.45, 2.75) is 19.8 Å². The number of rotatable bonds is 3. The van der Waals surface area contributed by atoms with Crippen LogP contribution in [0.4, 0.5) is 19.0 Å². The zero-order chi connectivity index (χ0) is 15.1.